The minimum absolute atomic E-state index is 0.176. The number of hydrogen-bond donors (Lipinski definition) is 1. The van der Waals surface area contributed by atoms with E-state index in [9.17, 15) is 14.4 Å². The number of hydrogen-bond acceptors (Lipinski definition) is 3. The van der Waals surface area contributed by atoms with E-state index in [0.717, 1.165) is 6.42 Å². The number of carbonyl (C=O) groups excluding carboxylic acids is 3. The molecule has 5 nitrogen and oxygen atoms in total. The van der Waals surface area contributed by atoms with E-state index in [0.29, 0.717) is 12.8 Å². The van der Waals surface area contributed by atoms with Gasteiger partial charge in [-0.15, -0.1) is 0 Å². The second-order valence-corrected chi connectivity index (χ2v) is 5.35. The zero-order chi connectivity index (χ0) is 12.8. The van der Waals surface area contributed by atoms with Gasteiger partial charge < -0.3 is 0 Å². The lowest BCUT2D eigenvalue weighted by atomic mass is 9.66. The number of imide groups is 2. The quantitative estimate of drug-likeness (QED) is 0.737. The van der Waals surface area contributed by atoms with Crippen molar-refractivity contribution in [3.63, 3.8) is 0 Å². The lowest BCUT2D eigenvalue weighted by Gasteiger charge is -2.46. The molecule has 0 aromatic rings. The van der Waals surface area contributed by atoms with Gasteiger partial charge in [0.2, 0.25) is 11.8 Å². The molecular weight excluding hydrogens is 220 g/mol. The summed E-state index contributed by atoms with van der Waals surface area (Å²) in [6.07, 6.45) is 2.00. The second-order valence-electron chi connectivity index (χ2n) is 5.35. The molecule has 5 heteroatoms. The molecule has 1 heterocycles. The molecular formula is C12H18N2O3. The van der Waals surface area contributed by atoms with E-state index in [1.807, 2.05) is 20.8 Å². The van der Waals surface area contributed by atoms with E-state index in [1.165, 1.54) is 4.90 Å². The fourth-order valence-electron chi connectivity index (χ4n) is 2.34. The van der Waals surface area contributed by atoms with Crippen LogP contribution in [0.1, 0.15) is 40.0 Å². The monoisotopic (exact) mass is 238 g/mol. The average Bonchev–Trinajstić information content (AvgIpc) is 2.14. The van der Waals surface area contributed by atoms with Crippen LogP contribution in [0.4, 0.5) is 4.79 Å². The Balaban J connectivity index is 2.30. The summed E-state index contributed by atoms with van der Waals surface area (Å²) < 4.78 is 0. The minimum atomic E-state index is -0.947. The van der Waals surface area contributed by atoms with Crippen LogP contribution < -0.4 is 5.32 Å². The highest BCUT2D eigenvalue weighted by Gasteiger charge is 2.58. The molecule has 94 valence electrons. The van der Waals surface area contributed by atoms with Crippen molar-refractivity contribution >= 4 is 17.8 Å². The zero-order valence-electron chi connectivity index (χ0n) is 10.4. The highest BCUT2D eigenvalue weighted by Crippen LogP contribution is 2.45. The molecule has 4 amide bonds. The SMILES string of the molecule is CC(C)C(C)N1C(=O)NC(=O)C2(CCC2)C1=O. The Kier molecular flexibility index (Phi) is 2.72. The lowest BCUT2D eigenvalue weighted by molar-refractivity contribution is -0.159. The summed E-state index contributed by atoms with van der Waals surface area (Å²) in [4.78, 5) is 37.1. The van der Waals surface area contributed by atoms with E-state index in [2.05, 4.69) is 5.32 Å². The smallest absolute Gasteiger partial charge is 0.277 e. The van der Waals surface area contributed by atoms with Gasteiger partial charge in [0, 0.05) is 6.04 Å². The van der Waals surface area contributed by atoms with Gasteiger partial charge >= 0.3 is 6.03 Å². The maximum Gasteiger partial charge on any atom is 0.331 e. The van der Waals surface area contributed by atoms with Gasteiger partial charge in [-0.1, -0.05) is 20.3 Å². The molecule has 1 unspecified atom stereocenters. The van der Waals surface area contributed by atoms with Crippen molar-refractivity contribution in [3.05, 3.63) is 0 Å². The van der Waals surface area contributed by atoms with Crippen molar-refractivity contribution in [2.45, 2.75) is 46.1 Å². The van der Waals surface area contributed by atoms with Crippen LogP contribution in [0, 0.1) is 11.3 Å². The van der Waals surface area contributed by atoms with Crippen LogP contribution in [-0.4, -0.2) is 28.8 Å². The number of barbiturate groups is 1. The first-order chi connectivity index (χ1) is 7.90. The third kappa shape index (κ3) is 1.56. The molecule has 0 bridgehead atoms. The summed E-state index contributed by atoms with van der Waals surface area (Å²) in [5.41, 5.74) is -0.947. The van der Waals surface area contributed by atoms with Crippen molar-refractivity contribution in [1.29, 1.82) is 0 Å². The van der Waals surface area contributed by atoms with E-state index in [-0.39, 0.29) is 17.9 Å². The van der Waals surface area contributed by atoms with Crippen LogP contribution in [0.15, 0.2) is 0 Å². The van der Waals surface area contributed by atoms with Gasteiger partial charge in [-0.05, 0) is 25.7 Å². The van der Waals surface area contributed by atoms with Crippen molar-refractivity contribution in [3.8, 4) is 0 Å². The number of nitrogens with one attached hydrogen (secondary N) is 1. The summed E-state index contributed by atoms with van der Waals surface area (Å²) in [5, 5.41) is 2.32. The van der Waals surface area contributed by atoms with Crippen LogP contribution in [0.3, 0.4) is 0 Å². The second kappa shape index (κ2) is 3.82. The molecule has 1 saturated heterocycles. The maximum atomic E-state index is 12.3. The van der Waals surface area contributed by atoms with Gasteiger partial charge in [0.15, 0.2) is 0 Å². The number of urea groups is 1. The predicted molar refractivity (Wildman–Crippen MR) is 61.0 cm³/mol. The zero-order valence-corrected chi connectivity index (χ0v) is 10.4. The molecule has 0 aromatic heterocycles. The van der Waals surface area contributed by atoms with Gasteiger partial charge in [-0.3, -0.25) is 19.8 Å². The highest BCUT2D eigenvalue weighted by atomic mass is 16.2. The Hall–Kier alpha value is -1.39. The van der Waals surface area contributed by atoms with Crippen LogP contribution in [-0.2, 0) is 9.59 Å². The van der Waals surface area contributed by atoms with Gasteiger partial charge in [-0.2, -0.15) is 0 Å². The average molecular weight is 238 g/mol. The van der Waals surface area contributed by atoms with Gasteiger partial charge in [0.25, 0.3) is 0 Å². The van der Waals surface area contributed by atoms with Crippen LogP contribution in [0.25, 0.3) is 0 Å². The predicted octanol–water partition coefficient (Wildman–Crippen LogP) is 1.28. The molecule has 0 aromatic carbocycles. The summed E-state index contributed by atoms with van der Waals surface area (Å²) in [6, 6.07) is -0.758. The Bertz CT molecular complexity index is 385. The first-order valence-corrected chi connectivity index (χ1v) is 6.09. The van der Waals surface area contributed by atoms with Crippen LogP contribution >= 0.6 is 0 Å². The van der Waals surface area contributed by atoms with Gasteiger partial charge in [0.05, 0.1) is 0 Å². The molecule has 1 aliphatic heterocycles. The Morgan fingerprint density at radius 2 is 1.76 bits per heavy atom. The molecule has 1 saturated carbocycles. The largest absolute Gasteiger partial charge is 0.331 e. The van der Waals surface area contributed by atoms with E-state index in [1.54, 1.807) is 0 Å². The topological polar surface area (TPSA) is 66.5 Å². The molecule has 1 spiro atoms. The van der Waals surface area contributed by atoms with Crippen molar-refractivity contribution < 1.29 is 14.4 Å². The van der Waals surface area contributed by atoms with Crippen molar-refractivity contribution in [2.24, 2.45) is 11.3 Å². The third-order valence-corrected chi connectivity index (χ3v) is 4.08. The van der Waals surface area contributed by atoms with Crippen LogP contribution in [0.2, 0.25) is 0 Å². The van der Waals surface area contributed by atoms with Crippen molar-refractivity contribution in [2.75, 3.05) is 0 Å². The lowest BCUT2D eigenvalue weighted by Crippen LogP contribution is -2.68. The summed E-state index contributed by atoms with van der Waals surface area (Å²) in [7, 11) is 0. The normalized spacial score (nSPS) is 24.9. The minimum Gasteiger partial charge on any atom is -0.277 e. The highest BCUT2D eigenvalue weighted by molar-refractivity contribution is 6.19. The molecule has 1 aliphatic carbocycles. The molecule has 1 atom stereocenters. The summed E-state index contributed by atoms with van der Waals surface area (Å²) >= 11 is 0. The molecule has 2 fully saturated rings. The van der Waals surface area contributed by atoms with E-state index >= 15 is 0 Å². The third-order valence-electron chi connectivity index (χ3n) is 4.08. The number of carbonyl (C=O) groups is 3. The molecule has 2 rings (SSSR count). The molecule has 1 N–H and O–H groups in total. The standard InChI is InChI=1S/C12H18N2O3/c1-7(2)8(3)14-10(16)12(5-4-6-12)9(15)13-11(14)17/h7-8H,4-6H2,1-3H3,(H,13,15,17). The first kappa shape index (κ1) is 12.1. The number of rotatable bonds is 2. The van der Waals surface area contributed by atoms with Gasteiger partial charge in [-0.25, -0.2) is 4.79 Å². The Labute approximate surface area is 101 Å². The molecule has 0 radical (unpaired) electrons. The fourth-order valence-corrected chi connectivity index (χ4v) is 2.34. The molecule has 17 heavy (non-hydrogen) atoms. The number of amides is 4. The van der Waals surface area contributed by atoms with Crippen LogP contribution in [0.5, 0.6) is 0 Å². The summed E-state index contributed by atoms with van der Waals surface area (Å²) in [5.74, 6) is -0.542. The Morgan fingerprint density at radius 3 is 2.18 bits per heavy atom. The summed E-state index contributed by atoms with van der Waals surface area (Å²) in [6.45, 7) is 5.74. The van der Waals surface area contributed by atoms with E-state index < -0.39 is 17.4 Å². The first-order valence-electron chi connectivity index (χ1n) is 6.09. The van der Waals surface area contributed by atoms with Gasteiger partial charge in [0.1, 0.15) is 5.41 Å². The number of nitrogens with zero attached hydrogens (tertiary/aromatic N) is 1. The Morgan fingerprint density at radius 1 is 1.18 bits per heavy atom. The van der Waals surface area contributed by atoms with E-state index in [4.69, 9.17) is 0 Å². The van der Waals surface area contributed by atoms with Crippen molar-refractivity contribution in [1.82, 2.24) is 10.2 Å². The fraction of sp³-hybridized carbons (Fsp3) is 0.750. The molecule has 2 aliphatic rings. The maximum absolute atomic E-state index is 12.3.